The molecule has 50 valence electrons. The smallest absolute Gasteiger partial charge is 0.343 e. The molecule has 8 heavy (non-hydrogen) atoms. The molecule has 0 aliphatic rings. The third-order valence-electron chi connectivity index (χ3n) is 0.354. The van der Waals surface area contributed by atoms with Crippen LogP contribution in [-0.4, -0.2) is 0 Å². The summed E-state index contributed by atoms with van der Waals surface area (Å²) in [5.74, 6) is 0. The Morgan fingerprint density at radius 3 is 1.25 bits per heavy atom. The van der Waals surface area contributed by atoms with Crippen LogP contribution in [0.2, 0.25) is 0 Å². The van der Waals surface area contributed by atoms with Crippen LogP contribution in [0.25, 0.3) is 0 Å². The molecule has 0 atom stereocenters. The minimum absolute atomic E-state index is 0. The molecule has 0 amide bonds. The van der Waals surface area contributed by atoms with Gasteiger partial charge in [-0.15, -0.1) is 0 Å². The zero-order valence-corrected chi connectivity index (χ0v) is 8.47. The molecule has 0 unspecified atom stereocenters. The van der Waals surface area contributed by atoms with Gasteiger partial charge < -0.3 is 6.92 Å². The zero-order valence-electron chi connectivity index (χ0n) is 5.35. The van der Waals surface area contributed by atoms with E-state index in [1.807, 2.05) is 0 Å². The number of unbranched alkanes of at least 4 members (excludes halogenated alkanes) is 1. The molecule has 0 bridgehead atoms. The van der Waals surface area contributed by atoms with Crippen molar-refractivity contribution in [3.8, 4) is 0 Å². The Kier molecular flexibility index (Phi) is 169. The molecular weight excluding hydrogens is 144 g/mol. The summed E-state index contributed by atoms with van der Waals surface area (Å²) in [5, 5.41) is 0. The topological polar surface area (TPSA) is 0 Å². The summed E-state index contributed by atoms with van der Waals surface area (Å²) >= 11 is 0. The summed E-state index contributed by atoms with van der Waals surface area (Å²) < 4.78 is 0. The number of rotatable bonds is 1. The Morgan fingerprint density at radius 1 is 1.12 bits per heavy atom. The van der Waals surface area contributed by atoms with Gasteiger partial charge in [-0.25, -0.2) is 0 Å². The SMILES string of the molecule is F.F.F.[CH2-]CCC.[K+]. The predicted molar refractivity (Wildman–Crippen MR) is 27.8 cm³/mol. The molecule has 0 fully saturated rings. The van der Waals surface area contributed by atoms with E-state index in [1.165, 1.54) is 6.42 Å². The summed E-state index contributed by atoms with van der Waals surface area (Å²) in [6.45, 7) is 5.72. The number of halogens is 3. The Bertz CT molecular complexity index is 13.2. The first-order chi connectivity index (χ1) is 1.91. The van der Waals surface area contributed by atoms with Crippen molar-refractivity contribution in [3.63, 3.8) is 0 Å². The van der Waals surface area contributed by atoms with E-state index in [4.69, 9.17) is 0 Å². The van der Waals surface area contributed by atoms with Crippen molar-refractivity contribution in [2.45, 2.75) is 19.8 Å². The third-order valence-corrected chi connectivity index (χ3v) is 0.354. The van der Waals surface area contributed by atoms with Gasteiger partial charge in [0.15, 0.2) is 0 Å². The van der Waals surface area contributed by atoms with Crippen molar-refractivity contribution in [1.29, 1.82) is 0 Å². The Morgan fingerprint density at radius 2 is 1.25 bits per heavy atom. The molecule has 0 aromatic heterocycles. The van der Waals surface area contributed by atoms with E-state index >= 15 is 0 Å². The van der Waals surface area contributed by atoms with Crippen molar-refractivity contribution < 1.29 is 65.5 Å². The van der Waals surface area contributed by atoms with Crippen LogP contribution < -0.4 is 51.4 Å². The van der Waals surface area contributed by atoms with E-state index in [9.17, 15) is 0 Å². The second-order valence-corrected chi connectivity index (χ2v) is 0.854. The van der Waals surface area contributed by atoms with Crippen LogP contribution in [0.1, 0.15) is 19.8 Å². The van der Waals surface area contributed by atoms with Gasteiger partial charge in [-0.1, -0.05) is 13.3 Å². The van der Waals surface area contributed by atoms with Gasteiger partial charge in [0.05, 0.1) is 0 Å². The molecule has 0 saturated heterocycles. The molecular formula is C4H12F3K. The van der Waals surface area contributed by atoms with Gasteiger partial charge in [0, 0.05) is 0 Å². The average molecular weight is 156 g/mol. The molecule has 0 aliphatic carbocycles. The van der Waals surface area contributed by atoms with Gasteiger partial charge in [0.25, 0.3) is 0 Å². The van der Waals surface area contributed by atoms with E-state index < -0.39 is 0 Å². The van der Waals surface area contributed by atoms with Crippen LogP contribution in [-0.2, 0) is 0 Å². The largest absolute Gasteiger partial charge is 1.00 e. The van der Waals surface area contributed by atoms with Crippen molar-refractivity contribution >= 4 is 0 Å². The van der Waals surface area contributed by atoms with Gasteiger partial charge in [-0.3, -0.25) is 14.1 Å². The van der Waals surface area contributed by atoms with Crippen LogP contribution in [0, 0.1) is 6.92 Å². The Labute approximate surface area is 90.9 Å². The van der Waals surface area contributed by atoms with E-state index in [0.29, 0.717) is 0 Å². The van der Waals surface area contributed by atoms with Gasteiger partial charge in [0.1, 0.15) is 0 Å². The van der Waals surface area contributed by atoms with Crippen LogP contribution in [0.15, 0.2) is 0 Å². The number of hydrogen-bond acceptors (Lipinski definition) is 0. The van der Waals surface area contributed by atoms with Gasteiger partial charge >= 0.3 is 51.4 Å². The first-order valence-corrected chi connectivity index (χ1v) is 1.71. The molecule has 0 aromatic rings. The molecule has 0 aliphatic heterocycles. The second-order valence-electron chi connectivity index (χ2n) is 0.854. The summed E-state index contributed by atoms with van der Waals surface area (Å²) in [7, 11) is 0. The molecule has 4 heteroatoms. The fourth-order valence-corrected chi connectivity index (χ4v) is 0. The van der Waals surface area contributed by atoms with Crippen molar-refractivity contribution in [1.82, 2.24) is 0 Å². The zero-order chi connectivity index (χ0) is 3.41. The maximum absolute atomic E-state index is 3.60. The van der Waals surface area contributed by atoms with Crippen LogP contribution >= 0.6 is 0 Å². The molecule has 0 rings (SSSR count). The normalized spacial score (nSPS) is 3.75. The van der Waals surface area contributed by atoms with E-state index in [2.05, 4.69) is 13.8 Å². The fraction of sp³-hybridized carbons (Fsp3) is 0.750. The fourth-order valence-electron chi connectivity index (χ4n) is 0. The molecule has 0 saturated carbocycles. The van der Waals surface area contributed by atoms with E-state index in [-0.39, 0.29) is 65.5 Å². The maximum atomic E-state index is 3.60. The minimum Gasteiger partial charge on any atom is -0.343 e. The van der Waals surface area contributed by atoms with Crippen LogP contribution in [0.4, 0.5) is 14.1 Å². The van der Waals surface area contributed by atoms with Gasteiger partial charge in [0.2, 0.25) is 0 Å². The first-order valence-electron chi connectivity index (χ1n) is 1.71. The van der Waals surface area contributed by atoms with E-state index in [0.717, 1.165) is 6.42 Å². The number of hydrogen-bond donors (Lipinski definition) is 0. The standard InChI is InChI=1S/C4H9.3FH.K/c1-3-4-2;;;;/h1,3-4H2,2H3;3*1H;/q-1;;;;+1. The average Bonchev–Trinajstić information content (AvgIpc) is 1.37. The maximum Gasteiger partial charge on any atom is 1.00 e. The second kappa shape index (κ2) is 39.6. The van der Waals surface area contributed by atoms with Crippen LogP contribution in [0.5, 0.6) is 0 Å². The van der Waals surface area contributed by atoms with Crippen molar-refractivity contribution in [2.24, 2.45) is 0 Å². The molecule has 0 heterocycles. The van der Waals surface area contributed by atoms with Crippen molar-refractivity contribution in [2.75, 3.05) is 0 Å². The summed E-state index contributed by atoms with van der Waals surface area (Å²) in [6.07, 6.45) is 2.28. The summed E-state index contributed by atoms with van der Waals surface area (Å²) in [5.41, 5.74) is 0. The minimum atomic E-state index is 0. The molecule has 0 nitrogen and oxygen atoms in total. The summed E-state index contributed by atoms with van der Waals surface area (Å²) in [6, 6.07) is 0. The Hall–Kier alpha value is 1.43. The quantitative estimate of drug-likeness (QED) is 0.340. The predicted octanol–water partition coefficient (Wildman–Crippen LogP) is -0.918. The monoisotopic (exact) mass is 156 g/mol. The first kappa shape index (κ1) is 34.2. The van der Waals surface area contributed by atoms with Gasteiger partial charge in [-0.2, -0.15) is 6.42 Å². The van der Waals surface area contributed by atoms with Crippen LogP contribution in [0.3, 0.4) is 0 Å². The molecule has 0 spiro atoms. The van der Waals surface area contributed by atoms with Crippen molar-refractivity contribution in [3.05, 3.63) is 6.92 Å². The van der Waals surface area contributed by atoms with E-state index in [1.54, 1.807) is 0 Å². The third kappa shape index (κ3) is 52.1. The van der Waals surface area contributed by atoms with Gasteiger partial charge in [-0.05, 0) is 0 Å². The molecule has 0 N–H and O–H groups in total. The molecule has 0 aromatic carbocycles. The Balaban J connectivity index is -0.00000000750. The summed E-state index contributed by atoms with van der Waals surface area (Å²) in [4.78, 5) is 0. The molecule has 0 radical (unpaired) electrons.